The van der Waals surface area contributed by atoms with Crippen molar-refractivity contribution >= 4 is 18.0 Å². The molecule has 0 radical (unpaired) electrons. The zero-order valence-corrected chi connectivity index (χ0v) is 19.0. The Labute approximate surface area is 181 Å². The van der Waals surface area contributed by atoms with Crippen LogP contribution in [0.15, 0.2) is 46.1 Å². The van der Waals surface area contributed by atoms with Crippen molar-refractivity contribution in [2.45, 2.75) is 72.3 Å². The number of hydrogen-bond acceptors (Lipinski definition) is 4. The summed E-state index contributed by atoms with van der Waals surface area (Å²) in [5.41, 5.74) is 15.3. The van der Waals surface area contributed by atoms with Crippen molar-refractivity contribution in [2.24, 2.45) is 10.7 Å². The maximum Gasteiger partial charge on any atom is 0.0707 e. The second-order valence-electron chi connectivity index (χ2n) is 8.17. The zero-order valence-electron chi connectivity index (χ0n) is 19.0. The van der Waals surface area contributed by atoms with Gasteiger partial charge in [-0.3, -0.25) is 4.99 Å². The van der Waals surface area contributed by atoms with Crippen LogP contribution in [0.2, 0.25) is 0 Å². The van der Waals surface area contributed by atoms with Gasteiger partial charge in [0.2, 0.25) is 0 Å². The van der Waals surface area contributed by atoms with E-state index in [2.05, 4.69) is 44.0 Å². The lowest BCUT2D eigenvalue weighted by atomic mass is 9.78. The Balaban J connectivity index is 2.69. The first kappa shape index (κ1) is 23.8. The van der Waals surface area contributed by atoms with Crippen LogP contribution in [0.4, 0.5) is 0 Å². The van der Waals surface area contributed by atoms with Crippen molar-refractivity contribution in [3.63, 3.8) is 0 Å². The van der Waals surface area contributed by atoms with E-state index in [1.807, 2.05) is 0 Å². The van der Waals surface area contributed by atoms with E-state index in [0.717, 1.165) is 60.8 Å². The standard InChI is InChI=1S/C26H37N3O/c1-5-6-9-22(21(14-27)17-29-16-20(4)30)23-10-7-8-11-24(23)26-19(3)13-12-18(2)25(26)15-28/h9,12-15,17,20,28,30H,5-8,10-11,16,27H2,1-4H3/b21-14+,22-9+,28-15?,29-17?. The molecule has 1 aliphatic carbocycles. The van der Waals surface area contributed by atoms with Crippen molar-refractivity contribution in [1.29, 1.82) is 5.41 Å². The van der Waals surface area contributed by atoms with Crippen LogP contribution in [0.5, 0.6) is 0 Å². The lowest BCUT2D eigenvalue weighted by molar-refractivity contribution is 0.204. The number of unbranched alkanes of at least 4 members (excludes halogenated alkanes) is 1. The molecule has 2 rings (SSSR count). The van der Waals surface area contributed by atoms with Gasteiger partial charge in [0.15, 0.2) is 0 Å². The first-order valence-corrected chi connectivity index (χ1v) is 11.1. The number of hydrogen-bond donors (Lipinski definition) is 3. The van der Waals surface area contributed by atoms with Crippen molar-refractivity contribution in [2.75, 3.05) is 6.54 Å². The van der Waals surface area contributed by atoms with Crippen LogP contribution in [-0.2, 0) is 0 Å². The van der Waals surface area contributed by atoms with Crippen LogP contribution < -0.4 is 5.73 Å². The summed E-state index contributed by atoms with van der Waals surface area (Å²) in [7, 11) is 0. The predicted octanol–water partition coefficient (Wildman–Crippen LogP) is 5.65. The number of aliphatic imine (C=N–C) groups is 1. The maximum atomic E-state index is 9.56. The molecule has 0 bridgehead atoms. The quantitative estimate of drug-likeness (QED) is 0.365. The number of allylic oxidation sites excluding steroid dienone is 5. The van der Waals surface area contributed by atoms with Gasteiger partial charge in [-0.2, -0.15) is 0 Å². The zero-order chi connectivity index (χ0) is 22.1. The summed E-state index contributed by atoms with van der Waals surface area (Å²) in [6, 6.07) is 4.26. The minimum Gasteiger partial charge on any atom is -0.404 e. The average Bonchev–Trinajstić information content (AvgIpc) is 2.74. The minimum absolute atomic E-state index is 0.360. The molecule has 30 heavy (non-hydrogen) atoms. The fraction of sp³-hybridized carbons (Fsp3) is 0.462. The van der Waals surface area contributed by atoms with E-state index in [-0.39, 0.29) is 0 Å². The summed E-state index contributed by atoms with van der Waals surface area (Å²) in [4.78, 5) is 4.41. The Morgan fingerprint density at radius 2 is 1.93 bits per heavy atom. The molecule has 1 aromatic rings. The van der Waals surface area contributed by atoms with Gasteiger partial charge in [-0.1, -0.05) is 31.6 Å². The number of aliphatic hydroxyl groups is 1. The third kappa shape index (κ3) is 5.79. The first-order chi connectivity index (χ1) is 14.4. The molecule has 0 fully saturated rings. The molecule has 4 heteroatoms. The number of aryl methyl sites for hydroxylation is 2. The SMILES string of the molecule is CCC/C=C(C1=C(c2c(C)ccc(C)c2C=N)CCCC1)\C(C=NCC(C)O)=C\N. The van der Waals surface area contributed by atoms with Crippen LogP contribution in [0.25, 0.3) is 5.57 Å². The number of nitrogens with one attached hydrogen (secondary N) is 1. The summed E-state index contributed by atoms with van der Waals surface area (Å²) < 4.78 is 0. The monoisotopic (exact) mass is 407 g/mol. The van der Waals surface area contributed by atoms with E-state index >= 15 is 0 Å². The van der Waals surface area contributed by atoms with Gasteiger partial charge in [-0.05, 0) is 86.3 Å². The molecule has 162 valence electrons. The first-order valence-electron chi connectivity index (χ1n) is 11.1. The lowest BCUT2D eigenvalue weighted by Crippen LogP contribution is -2.10. The van der Waals surface area contributed by atoms with Crippen LogP contribution in [0, 0.1) is 19.3 Å². The minimum atomic E-state index is -0.474. The largest absolute Gasteiger partial charge is 0.404 e. The van der Waals surface area contributed by atoms with Gasteiger partial charge in [-0.15, -0.1) is 0 Å². The molecule has 0 aromatic heterocycles. The molecule has 1 unspecified atom stereocenters. The third-order valence-electron chi connectivity index (χ3n) is 5.64. The predicted molar refractivity (Wildman–Crippen MR) is 129 cm³/mol. The number of rotatable bonds is 9. The van der Waals surface area contributed by atoms with E-state index in [1.54, 1.807) is 19.3 Å². The van der Waals surface area contributed by atoms with Crippen molar-refractivity contribution < 1.29 is 5.11 Å². The van der Waals surface area contributed by atoms with Crippen molar-refractivity contribution in [1.82, 2.24) is 0 Å². The summed E-state index contributed by atoms with van der Waals surface area (Å²) >= 11 is 0. The number of nitrogens with zero attached hydrogens (tertiary/aromatic N) is 1. The molecule has 4 nitrogen and oxygen atoms in total. The smallest absolute Gasteiger partial charge is 0.0707 e. The Morgan fingerprint density at radius 3 is 2.57 bits per heavy atom. The van der Waals surface area contributed by atoms with Crippen LogP contribution >= 0.6 is 0 Å². The molecule has 4 N–H and O–H groups in total. The fourth-order valence-electron chi connectivity index (χ4n) is 4.11. The number of nitrogens with two attached hydrogens (primary N) is 1. The van der Waals surface area contributed by atoms with E-state index in [0.29, 0.717) is 6.54 Å². The Bertz CT molecular complexity index is 873. The van der Waals surface area contributed by atoms with Gasteiger partial charge in [0.25, 0.3) is 0 Å². The van der Waals surface area contributed by atoms with Gasteiger partial charge in [-0.25, -0.2) is 0 Å². The van der Waals surface area contributed by atoms with Gasteiger partial charge >= 0.3 is 0 Å². The summed E-state index contributed by atoms with van der Waals surface area (Å²) in [6.45, 7) is 8.49. The summed E-state index contributed by atoms with van der Waals surface area (Å²) in [6.07, 6.45) is 13.1. The molecule has 0 aliphatic heterocycles. The molecule has 0 saturated heterocycles. The second kappa shape index (κ2) is 11.7. The molecule has 1 atom stereocenters. The Morgan fingerprint density at radius 1 is 1.23 bits per heavy atom. The highest BCUT2D eigenvalue weighted by molar-refractivity contribution is 5.94. The van der Waals surface area contributed by atoms with Crippen molar-refractivity contribution in [3.8, 4) is 0 Å². The molecular weight excluding hydrogens is 370 g/mol. The molecule has 1 aliphatic rings. The molecule has 0 spiro atoms. The van der Waals surface area contributed by atoms with Crippen LogP contribution in [0.3, 0.4) is 0 Å². The van der Waals surface area contributed by atoms with Gasteiger partial charge in [0.05, 0.1) is 12.6 Å². The Kier molecular flexibility index (Phi) is 9.25. The molecular formula is C26H37N3O. The molecule has 0 saturated carbocycles. The Hall–Kier alpha value is -2.46. The number of aliphatic hydroxyl groups excluding tert-OH is 1. The van der Waals surface area contributed by atoms with Gasteiger partial charge in [0.1, 0.15) is 0 Å². The van der Waals surface area contributed by atoms with E-state index in [1.165, 1.54) is 28.5 Å². The fourth-order valence-corrected chi connectivity index (χ4v) is 4.11. The molecule has 1 aromatic carbocycles. The molecule has 0 amide bonds. The normalized spacial score (nSPS) is 17.0. The van der Waals surface area contributed by atoms with Crippen molar-refractivity contribution in [3.05, 3.63) is 63.4 Å². The third-order valence-corrected chi connectivity index (χ3v) is 5.64. The average molecular weight is 408 g/mol. The van der Waals surface area contributed by atoms with Gasteiger partial charge < -0.3 is 16.2 Å². The molecule has 0 heterocycles. The van der Waals surface area contributed by atoms with E-state index in [9.17, 15) is 5.11 Å². The topological polar surface area (TPSA) is 82.5 Å². The van der Waals surface area contributed by atoms with Gasteiger partial charge in [0, 0.05) is 29.8 Å². The highest BCUT2D eigenvalue weighted by Gasteiger charge is 2.22. The van der Waals surface area contributed by atoms with E-state index < -0.39 is 6.10 Å². The second-order valence-corrected chi connectivity index (χ2v) is 8.17. The maximum absolute atomic E-state index is 9.56. The van der Waals surface area contributed by atoms with E-state index in [4.69, 9.17) is 11.1 Å². The van der Waals surface area contributed by atoms with Crippen LogP contribution in [-0.4, -0.2) is 30.2 Å². The highest BCUT2D eigenvalue weighted by atomic mass is 16.3. The highest BCUT2D eigenvalue weighted by Crippen LogP contribution is 2.40. The summed E-state index contributed by atoms with van der Waals surface area (Å²) in [5, 5.41) is 17.6. The lowest BCUT2D eigenvalue weighted by Gasteiger charge is -2.26. The van der Waals surface area contributed by atoms with Crippen LogP contribution in [0.1, 0.15) is 74.6 Å². The summed E-state index contributed by atoms with van der Waals surface area (Å²) in [5.74, 6) is 0. The number of benzene rings is 1.